The molecule has 0 aromatic carbocycles. The Morgan fingerprint density at radius 2 is 2.07 bits per heavy atom. The Labute approximate surface area is 87.6 Å². The number of nitrogens with one attached hydrogen (secondary N) is 1. The fourth-order valence-corrected chi connectivity index (χ4v) is 1.55. The van der Waals surface area contributed by atoms with Crippen molar-refractivity contribution in [2.75, 3.05) is 13.1 Å². The van der Waals surface area contributed by atoms with Crippen LogP contribution in [0, 0.1) is 0 Å². The van der Waals surface area contributed by atoms with E-state index in [4.69, 9.17) is 16.3 Å². The van der Waals surface area contributed by atoms with Crippen LogP contribution in [0.2, 0.25) is 5.15 Å². The zero-order valence-corrected chi connectivity index (χ0v) is 8.50. The third kappa shape index (κ3) is 2.56. The Kier molecular flexibility index (Phi) is 3.16. The van der Waals surface area contributed by atoms with Crippen LogP contribution in [0.25, 0.3) is 0 Å². The number of nitrogens with zero attached hydrogens (tertiary/aromatic N) is 2. The molecule has 0 spiro atoms. The van der Waals surface area contributed by atoms with Gasteiger partial charge in [0.1, 0.15) is 6.10 Å². The maximum Gasteiger partial charge on any atom is 0.233 e. The molecule has 1 aromatic rings. The SMILES string of the molecule is Clc1ccc(OC2CCNCC2)nn1. The van der Waals surface area contributed by atoms with Gasteiger partial charge in [0.05, 0.1) is 0 Å². The van der Waals surface area contributed by atoms with Crippen molar-refractivity contribution >= 4 is 11.6 Å². The molecular formula is C9H12ClN3O. The van der Waals surface area contributed by atoms with Crippen LogP contribution in [0.4, 0.5) is 0 Å². The van der Waals surface area contributed by atoms with E-state index in [0.717, 1.165) is 25.9 Å². The first kappa shape index (κ1) is 9.68. The van der Waals surface area contributed by atoms with Gasteiger partial charge >= 0.3 is 0 Å². The summed E-state index contributed by atoms with van der Waals surface area (Å²) in [6.07, 6.45) is 2.29. The lowest BCUT2D eigenvalue weighted by molar-refractivity contribution is 0.154. The Morgan fingerprint density at radius 1 is 1.29 bits per heavy atom. The van der Waals surface area contributed by atoms with Gasteiger partial charge < -0.3 is 10.1 Å². The highest BCUT2D eigenvalue weighted by molar-refractivity contribution is 6.29. The van der Waals surface area contributed by atoms with Gasteiger partial charge in [-0.3, -0.25) is 0 Å². The molecular weight excluding hydrogens is 202 g/mol. The lowest BCUT2D eigenvalue weighted by Gasteiger charge is -2.22. The molecule has 0 bridgehead atoms. The van der Waals surface area contributed by atoms with Crippen LogP contribution in [0.1, 0.15) is 12.8 Å². The smallest absolute Gasteiger partial charge is 0.233 e. The van der Waals surface area contributed by atoms with Crippen LogP contribution in [0.3, 0.4) is 0 Å². The van der Waals surface area contributed by atoms with Crippen molar-refractivity contribution in [2.45, 2.75) is 18.9 Å². The first-order valence-corrected chi connectivity index (χ1v) is 5.09. The van der Waals surface area contributed by atoms with Crippen LogP contribution in [-0.4, -0.2) is 29.4 Å². The average Bonchev–Trinajstić information content (AvgIpc) is 2.23. The molecule has 2 heterocycles. The normalized spacial score (nSPS) is 18.1. The molecule has 0 amide bonds. The maximum atomic E-state index is 5.64. The molecule has 1 fully saturated rings. The summed E-state index contributed by atoms with van der Waals surface area (Å²) in [7, 11) is 0. The third-order valence-electron chi connectivity index (χ3n) is 2.18. The minimum absolute atomic E-state index is 0.256. The zero-order valence-electron chi connectivity index (χ0n) is 7.74. The number of aromatic nitrogens is 2. The molecule has 1 aromatic heterocycles. The number of ether oxygens (including phenoxy) is 1. The first-order valence-electron chi connectivity index (χ1n) is 4.71. The van der Waals surface area contributed by atoms with Crippen molar-refractivity contribution in [3.63, 3.8) is 0 Å². The molecule has 76 valence electrons. The largest absolute Gasteiger partial charge is 0.473 e. The standard InChI is InChI=1S/C9H12ClN3O/c10-8-1-2-9(13-12-8)14-7-3-5-11-6-4-7/h1-2,7,11H,3-6H2. The van der Waals surface area contributed by atoms with Gasteiger partial charge in [-0.1, -0.05) is 11.6 Å². The summed E-state index contributed by atoms with van der Waals surface area (Å²) in [6, 6.07) is 3.43. The van der Waals surface area contributed by atoms with E-state index in [9.17, 15) is 0 Å². The van der Waals surface area contributed by atoms with E-state index in [1.165, 1.54) is 0 Å². The predicted octanol–water partition coefficient (Wildman–Crippen LogP) is 1.26. The van der Waals surface area contributed by atoms with E-state index in [-0.39, 0.29) is 6.10 Å². The van der Waals surface area contributed by atoms with Crippen LogP contribution in [0.5, 0.6) is 5.88 Å². The van der Waals surface area contributed by atoms with Crippen molar-refractivity contribution in [1.82, 2.24) is 15.5 Å². The summed E-state index contributed by atoms with van der Waals surface area (Å²) in [5.74, 6) is 0.557. The summed E-state index contributed by atoms with van der Waals surface area (Å²) in [5.41, 5.74) is 0. The monoisotopic (exact) mass is 213 g/mol. The summed E-state index contributed by atoms with van der Waals surface area (Å²) in [5, 5.41) is 11.2. The molecule has 1 saturated heterocycles. The van der Waals surface area contributed by atoms with Crippen LogP contribution >= 0.6 is 11.6 Å². The molecule has 4 nitrogen and oxygen atoms in total. The molecule has 1 aliphatic rings. The zero-order chi connectivity index (χ0) is 9.80. The maximum absolute atomic E-state index is 5.64. The van der Waals surface area contributed by atoms with Gasteiger partial charge in [0, 0.05) is 6.07 Å². The molecule has 0 radical (unpaired) electrons. The summed E-state index contributed by atoms with van der Waals surface area (Å²) in [6.45, 7) is 2.01. The van der Waals surface area contributed by atoms with Gasteiger partial charge in [0.2, 0.25) is 5.88 Å². The number of halogens is 1. The van der Waals surface area contributed by atoms with Crippen molar-refractivity contribution in [2.24, 2.45) is 0 Å². The van der Waals surface area contributed by atoms with Gasteiger partial charge in [-0.25, -0.2) is 0 Å². The second-order valence-electron chi connectivity index (χ2n) is 3.26. The molecule has 1 aliphatic heterocycles. The highest BCUT2D eigenvalue weighted by Crippen LogP contribution is 2.14. The van der Waals surface area contributed by atoms with Gasteiger partial charge in [-0.2, -0.15) is 0 Å². The fraction of sp³-hybridized carbons (Fsp3) is 0.556. The predicted molar refractivity (Wildman–Crippen MR) is 53.6 cm³/mol. The highest BCUT2D eigenvalue weighted by Gasteiger charge is 2.14. The minimum atomic E-state index is 0.256. The molecule has 5 heteroatoms. The van der Waals surface area contributed by atoms with E-state index in [1.54, 1.807) is 12.1 Å². The van der Waals surface area contributed by atoms with Crippen molar-refractivity contribution in [3.8, 4) is 5.88 Å². The van der Waals surface area contributed by atoms with E-state index in [2.05, 4.69) is 15.5 Å². The van der Waals surface area contributed by atoms with Gasteiger partial charge in [-0.15, -0.1) is 10.2 Å². The average molecular weight is 214 g/mol. The van der Waals surface area contributed by atoms with Gasteiger partial charge in [-0.05, 0) is 32.0 Å². The molecule has 0 aliphatic carbocycles. The molecule has 0 unspecified atom stereocenters. The van der Waals surface area contributed by atoms with Crippen molar-refractivity contribution in [1.29, 1.82) is 0 Å². The van der Waals surface area contributed by atoms with Crippen molar-refractivity contribution in [3.05, 3.63) is 17.3 Å². The molecule has 14 heavy (non-hydrogen) atoms. The van der Waals surface area contributed by atoms with E-state index >= 15 is 0 Å². The number of rotatable bonds is 2. The van der Waals surface area contributed by atoms with Gasteiger partial charge in [0.15, 0.2) is 5.15 Å². The lowest BCUT2D eigenvalue weighted by atomic mass is 10.1. The number of piperidine rings is 1. The number of hydrogen-bond donors (Lipinski definition) is 1. The quantitative estimate of drug-likeness (QED) is 0.804. The third-order valence-corrected chi connectivity index (χ3v) is 2.38. The van der Waals surface area contributed by atoms with E-state index in [1.807, 2.05) is 0 Å². The second-order valence-corrected chi connectivity index (χ2v) is 3.65. The summed E-state index contributed by atoms with van der Waals surface area (Å²) < 4.78 is 5.64. The second kappa shape index (κ2) is 4.57. The molecule has 0 saturated carbocycles. The molecule has 2 rings (SSSR count). The molecule has 1 N–H and O–H groups in total. The van der Waals surface area contributed by atoms with E-state index in [0.29, 0.717) is 11.0 Å². The summed E-state index contributed by atoms with van der Waals surface area (Å²) >= 11 is 5.62. The van der Waals surface area contributed by atoms with E-state index < -0.39 is 0 Å². The van der Waals surface area contributed by atoms with Crippen LogP contribution in [-0.2, 0) is 0 Å². The lowest BCUT2D eigenvalue weighted by Crippen LogP contribution is -2.34. The first-order chi connectivity index (χ1) is 6.84. The Morgan fingerprint density at radius 3 is 2.71 bits per heavy atom. The Bertz CT molecular complexity index is 285. The van der Waals surface area contributed by atoms with Crippen LogP contribution < -0.4 is 10.1 Å². The Hall–Kier alpha value is -0.870. The highest BCUT2D eigenvalue weighted by atomic mass is 35.5. The number of hydrogen-bond acceptors (Lipinski definition) is 4. The molecule has 0 atom stereocenters. The van der Waals surface area contributed by atoms with Crippen molar-refractivity contribution < 1.29 is 4.74 Å². The summed E-state index contributed by atoms with van der Waals surface area (Å²) in [4.78, 5) is 0. The van der Waals surface area contributed by atoms with Gasteiger partial charge in [0.25, 0.3) is 0 Å². The topological polar surface area (TPSA) is 47.0 Å². The van der Waals surface area contributed by atoms with Crippen LogP contribution in [0.15, 0.2) is 12.1 Å². The minimum Gasteiger partial charge on any atom is -0.473 e. The Balaban J connectivity index is 1.92. The fourth-order valence-electron chi connectivity index (χ4n) is 1.45.